The molecule has 1 fully saturated rings. The molecule has 172 valence electrons. The smallest absolute Gasteiger partial charge is 0.191 e. The zero-order valence-corrected chi connectivity index (χ0v) is 20.4. The van der Waals surface area contributed by atoms with E-state index >= 15 is 0 Å². The van der Waals surface area contributed by atoms with Crippen LogP contribution in [0.5, 0.6) is 0 Å². The largest absolute Gasteiger partial charge is 0.379 e. The molecule has 2 N–H and O–H groups in total. The van der Waals surface area contributed by atoms with Gasteiger partial charge in [0.05, 0.1) is 19.3 Å². The molecule has 1 saturated heterocycles. The van der Waals surface area contributed by atoms with E-state index < -0.39 is 0 Å². The Morgan fingerprint density at radius 2 is 2.00 bits per heavy atom. The number of hydrogen-bond donors (Lipinski definition) is 2. The van der Waals surface area contributed by atoms with Gasteiger partial charge in [-0.15, -0.1) is 34.2 Å². The summed E-state index contributed by atoms with van der Waals surface area (Å²) in [5.41, 5.74) is 1.73. The zero-order valence-electron chi connectivity index (χ0n) is 18.1. The second-order valence-corrected chi connectivity index (χ2v) is 7.34. The van der Waals surface area contributed by atoms with Crippen LogP contribution in [0.4, 0.5) is 4.39 Å². The Balaban J connectivity index is 0.00000289. The van der Waals surface area contributed by atoms with E-state index in [0.717, 1.165) is 36.7 Å². The quantitative estimate of drug-likeness (QED) is 0.266. The fourth-order valence-corrected chi connectivity index (χ4v) is 3.74. The van der Waals surface area contributed by atoms with E-state index in [4.69, 9.17) is 4.74 Å². The van der Waals surface area contributed by atoms with Gasteiger partial charge in [0.15, 0.2) is 17.4 Å². The molecule has 0 spiro atoms. The molecule has 3 heterocycles. The summed E-state index contributed by atoms with van der Waals surface area (Å²) in [6.45, 7) is 6.72. The van der Waals surface area contributed by atoms with Gasteiger partial charge in [-0.05, 0) is 36.8 Å². The average molecular weight is 553 g/mol. The van der Waals surface area contributed by atoms with E-state index in [1.165, 1.54) is 6.07 Å². The third-order valence-electron chi connectivity index (χ3n) is 5.29. The van der Waals surface area contributed by atoms with Crippen molar-refractivity contribution in [2.45, 2.75) is 19.5 Å². The lowest BCUT2D eigenvalue weighted by Gasteiger charge is -2.35. The van der Waals surface area contributed by atoms with Crippen molar-refractivity contribution < 1.29 is 9.13 Å². The Bertz CT molecular complexity index is 1020. The molecule has 0 aliphatic carbocycles. The average Bonchev–Trinajstić information content (AvgIpc) is 3.21. The van der Waals surface area contributed by atoms with Gasteiger partial charge in [0.2, 0.25) is 0 Å². The van der Waals surface area contributed by atoms with E-state index in [-0.39, 0.29) is 35.8 Å². The number of nitrogens with one attached hydrogen (secondary N) is 2. The first-order valence-electron chi connectivity index (χ1n) is 10.6. The van der Waals surface area contributed by atoms with Crippen LogP contribution in [0.2, 0.25) is 0 Å². The monoisotopic (exact) mass is 553 g/mol. The van der Waals surface area contributed by atoms with Gasteiger partial charge in [0, 0.05) is 32.4 Å². The van der Waals surface area contributed by atoms with E-state index in [0.29, 0.717) is 32.3 Å². The second-order valence-electron chi connectivity index (χ2n) is 7.34. The SMILES string of the molecule is CCNC(=NCc1nnc2ccccn12)NCC(c1cccc(F)c1)N1CCOCC1.I. The number of ether oxygens (including phenoxy) is 1. The third-order valence-corrected chi connectivity index (χ3v) is 5.29. The Hall–Kier alpha value is -2.31. The summed E-state index contributed by atoms with van der Waals surface area (Å²) >= 11 is 0. The minimum atomic E-state index is -0.227. The number of rotatable bonds is 7. The van der Waals surface area contributed by atoms with Gasteiger partial charge in [-0.25, -0.2) is 9.38 Å². The molecule has 1 atom stereocenters. The number of benzene rings is 1. The first-order valence-corrected chi connectivity index (χ1v) is 10.6. The highest BCUT2D eigenvalue weighted by Crippen LogP contribution is 2.22. The maximum atomic E-state index is 13.9. The van der Waals surface area contributed by atoms with Crippen LogP contribution in [0.1, 0.15) is 24.4 Å². The molecule has 2 aromatic heterocycles. The van der Waals surface area contributed by atoms with Crippen molar-refractivity contribution in [2.24, 2.45) is 4.99 Å². The van der Waals surface area contributed by atoms with E-state index in [1.54, 1.807) is 12.1 Å². The Morgan fingerprint density at radius 3 is 2.78 bits per heavy atom. The molecule has 3 aromatic rings. The van der Waals surface area contributed by atoms with Crippen molar-refractivity contribution in [3.05, 3.63) is 65.9 Å². The van der Waals surface area contributed by atoms with Crippen molar-refractivity contribution >= 4 is 35.6 Å². The molecule has 0 bridgehead atoms. The van der Waals surface area contributed by atoms with Gasteiger partial charge in [0.1, 0.15) is 12.4 Å². The molecule has 4 rings (SSSR count). The summed E-state index contributed by atoms with van der Waals surface area (Å²) in [6, 6.07) is 12.6. The fourth-order valence-electron chi connectivity index (χ4n) is 3.74. The summed E-state index contributed by atoms with van der Waals surface area (Å²) in [5.74, 6) is 1.22. The molecule has 10 heteroatoms. The number of hydrogen-bond acceptors (Lipinski definition) is 5. The molecule has 0 radical (unpaired) electrons. The number of aliphatic imine (C=N–C) groups is 1. The second kappa shape index (κ2) is 12.1. The lowest BCUT2D eigenvalue weighted by Crippen LogP contribution is -2.46. The Kier molecular flexibility index (Phi) is 9.18. The lowest BCUT2D eigenvalue weighted by molar-refractivity contribution is 0.0169. The molecule has 1 aliphatic heterocycles. The number of nitrogens with zero attached hydrogens (tertiary/aromatic N) is 5. The molecule has 1 aliphatic rings. The fraction of sp³-hybridized carbons (Fsp3) is 0.409. The summed E-state index contributed by atoms with van der Waals surface area (Å²) < 4.78 is 21.3. The first kappa shape index (κ1) is 24.3. The van der Waals surface area contributed by atoms with Crippen molar-refractivity contribution in [3.63, 3.8) is 0 Å². The molecular weight excluding hydrogens is 524 g/mol. The normalized spacial score (nSPS) is 15.9. The highest BCUT2D eigenvalue weighted by molar-refractivity contribution is 14.0. The predicted octanol–water partition coefficient (Wildman–Crippen LogP) is 2.62. The van der Waals surface area contributed by atoms with Crippen LogP contribution >= 0.6 is 24.0 Å². The maximum Gasteiger partial charge on any atom is 0.191 e. The lowest BCUT2D eigenvalue weighted by atomic mass is 10.0. The summed E-state index contributed by atoms with van der Waals surface area (Å²) in [7, 11) is 0. The zero-order chi connectivity index (χ0) is 21.5. The van der Waals surface area contributed by atoms with Crippen LogP contribution in [-0.2, 0) is 11.3 Å². The molecular formula is C22H29FIN7O. The number of morpholine rings is 1. The molecule has 1 aromatic carbocycles. The number of aromatic nitrogens is 3. The van der Waals surface area contributed by atoms with Gasteiger partial charge >= 0.3 is 0 Å². The number of pyridine rings is 1. The molecule has 8 nitrogen and oxygen atoms in total. The molecule has 0 amide bonds. The van der Waals surface area contributed by atoms with Crippen LogP contribution < -0.4 is 10.6 Å². The topological polar surface area (TPSA) is 79.1 Å². The number of fused-ring (bicyclic) bond motifs is 1. The summed E-state index contributed by atoms with van der Waals surface area (Å²) in [6.07, 6.45) is 1.93. The highest BCUT2D eigenvalue weighted by atomic mass is 127. The Morgan fingerprint density at radius 1 is 1.16 bits per heavy atom. The van der Waals surface area contributed by atoms with E-state index in [1.807, 2.05) is 41.8 Å². The van der Waals surface area contributed by atoms with Gasteiger partial charge in [-0.3, -0.25) is 9.30 Å². The van der Waals surface area contributed by atoms with E-state index in [2.05, 4.69) is 30.7 Å². The molecule has 0 saturated carbocycles. The minimum Gasteiger partial charge on any atom is -0.379 e. The van der Waals surface area contributed by atoms with Gasteiger partial charge in [-0.1, -0.05) is 18.2 Å². The van der Waals surface area contributed by atoms with Crippen molar-refractivity contribution in [2.75, 3.05) is 39.4 Å². The van der Waals surface area contributed by atoms with Gasteiger partial charge < -0.3 is 15.4 Å². The maximum absolute atomic E-state index is 13.9. The van der Waals surface area contributed by atoms with Crippen LogP contribution in [-0.4, -0.2) is 64.9 Å². The highest BCUT2D eigenvalue weighted by Gasteiger charge is 2.23. The first-order chi connectivity index (χ1) is 15.2. The van der Waals surface area contributed by atoms with Crippen LogP contribution in [0.15, 0.2) is 53.7 Å². The van der Waals surface area contributed by atoms with E-state index in [9.17, 15) is 4.39 Å². The summed E-state index contributed by atoms with van der Waals surface area (Å²) in [4.78, 5) is 7.01. The summed E-state index contributed by atoms with van der Waals surface area (Å²) in [5, 5.41) is 15.1. The number of guanidine groups is 1. The standard InChI is InChI=1S/C22H28FN7O.HI/c1-2-24-22(26-16-21-28-27-20-8-3-4-9-30(20)21)25-15-19(29-10-12-31-13-11-29)17-6-5-7-18(23)14-17;/h3-9,14,19H,2,10-13,15-16H2,1H3,(H2,24,25,26);1H. The number of halogens is 2. The molecule has 32 heavy (non-hydrogen) atoms. The van der Waals surface area contributed by atoms with Gasteiger partial charge in [-0.2, -0.15) is 0 Å². The molecule has 1 unspecified atom stereocenters. The Labute approximate surface area is 204 Å². The van der Waals surface area contributed by atoms with Crippen LogP contribution in [0, 0.1) is 5.82 Å². The van der Waals surface area contributed by atoms with Crippen molar-refractivity contribution in [1.29, 1.82) is 0 Å². The predicted molar refractivity (Wildman–Crippen MR) is 133 cm³/mol. The minimum absolute atomic E-state index is 0. The third kappa shape index (κ3) is 6.14. The van der Waals surface area contributed by atoms with Gasteiger partial charge in [0.25, 0.3) is 0 Å². The van der Waals surface area contributed by atoms with Crippen LogP contribution in [0.25, 0.3) is 5.65 Å². The van der Waals surface area contributed by atoms with Crippen LogP contribution in [0.3, 0.4) is 0 Å². The van der Waals surface area contributed by atoms with Crippen molar-refractivity contribution in [3.8, 4) is 0 Å². The van der Waals surface area contributed by atoms with Crippen molar-refractivity contribution in [1.82, 2.24) is 30.1 Å².